The first-order valence-electron chi connectivity index (χ1n) is 10.9. The molecular weight excluding hydrogens is 437 g/mol. The van der Waals surface area contributed by atoms with Crippen molar-refractivity contribution in [1.29, 1.82) is 0 Å². The van der Waals surface area contributed by atoms with Crippen LogP contribution in [0.4, 0.5) is 18.9 Å². The smallest absolute Gasteiger partial charge is 0.273 e. The number of hydrogen-bond donors (Lipinski definition) is 1. The molecule has 6 heteroatoms. The van der Waals surface area contributed by atoms with Crippen molar-refractivity contribution in [2.75, 3.05) is 5.32 Å². The third-order valence-electron chi connectivity index (χ3n) is 5.59. The van der Waals surface area contributed by atoms with Crippen LogP contribution in [-0.4, -0.2) is 10.9 Å². The van der Waals surface area contributed by atoms with Gasteiger partial charge in [-0.1, -0.05) is 61.5 Å². The molecule has 1 aromatic heterocycles. The van der Waals surface area contributed by atoms with E-state index in [4.69, 9.17) is 0 Å². The number of benzene rings is 3. The summed E-state index contributed by atoms with van der Waals surface area (Å²) in [6, 6.07) is 23.1. The third-order valence-corrected chi connectivity index (χ3v) is 5.59. The van der Waals surface area contributed by atoms with Crippen LogP contribution in [-0.2, 0) is 17.1 Å². The highest BCUT2D eigenvalue weighted by molar-refractivity contribution is 5.92. The molecule has 0 aliphatic heterocycles. The summed E-state index contributed by atoms with van der Waals surface area (Å²) in [7, 11) is 0. The van der Waals surface area contributed by atoms with Crippen molar-refractivity contribution in [3.05, 3.63) is 108 Å². The predicted molar refractivity (Wildman–Crippen MR) is 128 cm³/mol. The molecule has 4 aromatic rings. The summed E-state index contributed by atoms with van der Waals surface area (Å²) in [4.78, 5) is 16.9. The first-order chi connectivity index (χ1) is 16.4. The lowest BCUT2D eigenvalue weighted by Gasteiger charge is -2.14. The van der Waals surface area contributed by atoms with Crippen LogP contribution in [0.5, 0.6) is 0 Å². The summed E-state index contributed by atoms with van der Waals surface area (Å²) in [5, 5.41) is 2.83. The minimum Gasteiger partial charge on any atom is -0.326 e. The van der Waals surface area contributed by atoms with E-state index in [0.29, 0.717) is 11.3 Å². The molecule has 1 amide bonds. The molecule has 1 heterocycles. The molecule has 1 N–H and O–H groups in total. The van der Waals surface area contributed by atoms with Gasteiger partial charge in [0.05, 0.1) is 12.1 Å². The number of hydrogen-bond acceptors (Lipinski definition) is 2. The molecule has 0 bridgehead atoms. The van der Waals surface area contributed by atoms with Gasteiger partial charge in [-0.05, 0) is 41.5 Å². The molecule has 172 valence electrons. The number of rotatable bonds is 7. The lowest BCUT2D eigenvalue weighted by atomic mass is 9.99. The topological polar surface area (TPSA) is 42.0 Å². The number of carbonyl (C=O) groups is 1. The van der Waals surface area contributed by atoms with Crippen LogP contribution < -0.4 is 5.32 Å². The van der Waals surface area contributed by atoms with Crippen molar-refractivity contribution < 1.29 is 18.0 Å². The average molecular weight is 460 g/mol. The quantitative estimate of drug-likeness (QED) is 0.316. The second kappa shape index (κ2) is 9.91. The number of halogens is 3. The molecule has 4 rings (SSSR count). The fraction of sp³-hybridized carbons (Fsp3) is 0.143. The summed E-state index contributed by atoms with van der Waals surface area (Å²) in [6.07, 6.45) is 1.50. The Kier molecular flexibility index (Phi) is 6.77. The highest BCUT2D eigenvalue weighted by atomic mass is 19.3. The molecule has 0 aliphatic rings. The fourth-order valence-electron chi connectivity index (χ4n) is 3.67. The van der Waals surface area contributed by atoms with Crippen molar-refractivity contribution >= 4 is 11.6 Å². The molecule has 0 atom stereocenters. The summed E-state index contributed by atoms with van der Waals surface area (Å²) in [5.41, 5.74) is 4.54. The van der Waals surface area contributed by atoms with Crippen molar-refractivity contribution in [2.45, 2.75) is 25.7 Å². The molecule has 0 fully saturated rings. The molecule has 34 heavy (non-hydrogen) atoms. The van der Waals surface area contributed by atoms with Gasteiger partial charge in [-0.25, -0.2) is 13.2 Å². The van der Waals surface area contributed by atoms with Gasteiger partial charge >= 0.3 is 0 Å². The predicted octanol–water partition coefficient (Wildman–Crippen LogP) is 7.24. The summed E-state index contributed by atoms with van der Waals surface area (Å²) < 4.78 is 40.8. The van der Waals surface area contributed by atoms with Crippen molar-refractivity contribution in [2.24, 2.45) is 0 Å². The van der Waals surface area contributed by atoms with Crippen LogP contribution in [0.1, 0.15) is 24.5 Å². The molecule has 0 aliphatic carbocycles. The van der Waals surface area contributed by atoms with Gasteiger partial charge in [-0.2, -0.15) is 0 Å². The van der Waals surface area contributed by atoms with Crippen LogP contribution in [0.15, 0.2) is 91.1 Å². The second-order valence-electron chi connectivity index (χ2n) is 7.96. The maximum Gasteiger partial charge on any atom is 0.273 e. The number of amides is 1. The van der Waals surface area contributed by atoms with Gasteiger partial charge in [0.25, 0.3) is 5.92 Å². The Balaban J connectivity index is 1.45. The standard InChI is InChI=1S/C28H23F3N2O/c1-2-28(30,31)22-11-5-19(6-12-22)18-26(34)33-24-15-9-21(10-16-24)27-25(4-3-17-32-27)20-7-13-23(29)14-8-20/h3-17H,2,18H2,1H3,(H,33,34). The van der Waals surface area contributed by atoms with Crippen molar-refractivity contribution in [1.82, 2.24) is 4.98 Å². The molecular formula is C28H23F3N2O. The molecule has 0 radical (unpaired) electrons. The molecule has 0 spiro atoms. The molecule has 0 saturated heterocycles. The third kappa shape index (κ3) is 5.34. The van der Waals surface area contributed by atoms with Gasteiger partial charge in [0, 0.05) is 35.0 Å². The summed E-state index contributed by atoms with van der Waals surface area (Å²) >= 11 is 0. The Labute approximate surface area is 196 Å². The SMILES string of the molecule is CCC(F)(F)c1ccc(CC(=O)Nc2ccc(-c3ncccc3-c3ccc(F)cc3)cc2)cc1. The number of carbonyl (C=O) groups excluding carboxylic acids is 1. The highest BCUT2D eigenvalue weighted by Crippen LogP contribution is 2.32. The van der Waals surface area contributed by atoms with Gasteiger partial charge in [0.1, 0.15) is 5.82 Å². The Morgan fingerprint density at radius 3 is 2.18 bits per heavy atom. The molecule has 0 unspecified atom stereocenters. The molecule has 0 saturated carbocycles. The monoisotopic (exact) mass is 460 g/mol. The van der Waals surface area contributed by atoms with E-state index in [9.17, 15) is 18.0 Å². The molecule has 3 aromatic carbocycles. The Morgan fingerprint density at radius 1 is 0.882 bits per heavy atom. The number of nitrogens with one attached hydrogen (secondary N) is 1. The number of nitrogens with zero attached hydrogens (tertiary/aromatic N) is 1. The zero-order valence-electron chi connectivity index (χ0n) is 18.6. The van der Waals surface area contributed by atoms with Gasteiger partial charge < -0.3 is 5.32 Å². The van der Waals surface area contributed by atoms with Gasteiger partial charge in [0.2, 0.25) is 5.91 Å². The van der Waals surface area contributed by atoms with Gasteiger partial charge in [-0.15, -0.1) is 0 Å². The highest BCUT2D eigenvalue weighted by Gasteiger charge is 2.28. The Bertz CT molecular complexity index is 1270. The minimum absolute atomic E-state index is 0.0516. The first-order valence-corrected chi connectivity index (χ1v) is 10.9. The molecule has 3 nitrogen and oxygen atoms in total. The van der Waals surface area contributed by atoms with E-state index in [1.54, 1.807) is 42.6 Å². The normalized spacial score (nSPS) is 11.3. The van der Waals surface area contributed by atoms with Crippen LogP contribution in [0.25, 0.3) is 22.4 Å². The zero-order chi connectivity index (χ0) is 24.1. The zero-order valence-corrected chi connectivity index (χ0v) is 18.6. The number of aromatic nitrogens is 1. The lowest BCUT2D eigenvalue weighted by Crippen LogP contribution is -2.15. The van der Waals surface area contributed by atoms with E-state index in [0.717, 1.165) is 22.4 Å². The number of pyridine rings is 1. The van der Waals surface area contributed by atoms with E-state index in [-0.39, 0.29) is 30.1 Å². The first kappa shape index (κ1) is 23.2. The van der Waals surface area contributed by atoms with E-state index in [1.165, 1.54) is 31.2 Å². The van der Waals surface area contributed by atoms with Gasteiger partial charge in [0.15, 0.2) is 0 Å². The second-order valence-corrected chi connectivity index (χ2v) is 7.96. The summed E-state index contributed by atoms with van der Waals surface area (Å²) in [6.45, 7) is 1.43. The average Bonchev–Trinajstić information content (AvgIpc) is 2.85. The van der Waals surface area contributed by atoms with Crippen molar-refractivity contribution in [3.63, 3.8) is 0 Å². The van der Waals surface area contributed by atoms with E-state index >= 15 is 0 Å². The maximum absolute atomic E-state index is 13.8. The van der Waals surface area contributed by atoms with E-state index in [2.05, 4.69) is 10.3 Å². The lowest BCUT2D eigenvalue weighted by molar-refractivity contribution is -0.115. The number of alkyl halides is 2. The number of anilines is 1. The van der Waals surface area contributed by atoms with Crippen LogP contribution in [0.3, 0.4) is 0 Å². The largest absolute Gasteiger partial charge is 0.326 e. The van der Waals surface area contributed by atoms with E-state index < -0.39 is 5.92 Å². The Hall–Kier alpha value is -3.93. The van der Waals surface area contributed by atoms with Gasteiger partial charge in [-0.3, -0.25) is 9.78 Å². The van der Waals surface area contributed by atoms with Crippen LogP contribution >= 0.6 is 0 Å². The van der Waals surface area contributed by atoms with Crippen molar-refractivity contribution in [3.8, 4) is 22.4 Å². The fourth-order valence-corrected chi connectivity index (χ4v) is 3.67. The van der Waals surface area contributed by atoms with Crippen LogP contribution in [0.2, 0.25) is 0 Å². The Morgan fingerprint density at radius 2 is 1.53 bits per heavy atom. The van der Waals surface area contributed by atoms with Crippen LogP contribution in [0, 0.1) is 5.82 Å². The minimum atomic E-state index is -2.87. The maximum atomic E-state index is 13.8. The van der Waals surface area contributed by atoms with E-state index in [1.807, 2.05) is 24.3 Å². The summed E-state index contributed by atoms with van der Waals surface area (Å²) in [5.74, 6) is -3.41.